The first-order chi connectivity index (χ1) is 18.5. The van der Waals surface area contributed by atoms with Crippen molar-refractivity contribution in [2.45, 2.75) is 70.4 Å². The number of aryl methyl sites for hydroxylation is 1. The highest BCUT2D eigenvalue weighted by molar-refractivity contribution is 14.1. The summed E-state index contributed by atoms with van der Waals surface area (Å²) in [5, 5.41) is 13.6. The lowest BCUT2D eigenvalue weighted by molar-refractivity contribution is 0.0927. The number of halogens is 2. The average molecular weight is 702 g/mol. The number of hydrogen-bond donors (Lipinski definition) is 1. The fraction of sp³-hybridized carbons (Fsp3) is 0.367. The summed E-state index contributed by atoms with van der Waals surface area (Å²) in [5.41, 5.74) is 4.22. The normalized spacial score (nSPS) is 15.7. The number of aliphatic imine (C=N–C) groups is 1. The highest BCUT2D eigenvalue weighted by Crippen LogP contribution is 2.40. The molecule has 1 fully saturated rings. The third-order valence-electron chi connectivity index (χ3n) is 7.19. The predicted molar refractivity (Wildman–Crippen MR) is 165 cm³/mol. The monoisotopic (exact) mass is 701 g/mol. The first kappa shape index (κ1) is 27.4. The van der Waals surface area contributed by atoms with Gasteiger partial charge in [-0.1, -0.05) is 53.4 Å². The smallest absolute Gasteiger partial charge is 0.254 e. The largest absolute Gasteiger partial charge is 0.487 e. The molecule has 1 saturated carbocycles. The van der Waals surface area contributed by atoms with Crippen LogP contribution in [0, 0.1) is 14.9 Å². The van der Waals surface area contributed by atoms with Gasteiger partial charge in [0.1, 0.15) is 17.4 Å². The lowest BCUT2D eigenvalue weighted by atomic mass is 9.93. The quantitative estimate of drug-likeness (QED) is 0.199. The van der Waals surface area contributed by atoms with Crippen LogP contribution in [0.3, 0.4) is 0 Å². The van der Waals surface area contributed by atoms with Gasteiger partial charge in [-0.05, 0) is 84.9 Å². The van der Waals surface area contributed by atoms with Crippen molar-refractivity contribution in [3.63, 3.8) is 0 Å². The van der Waals surface area contributed by atoms with Gasteiger partial charge in [-0.2, -0.15) is 5.26 Å². The van der Waals surface area contributed by atoms with Crippen molar-refractivity contribution in [3.8, 4) is 11.8 Å². The van der Waals surface area contributed by atoms with Crippen molar-refractivity contribution in [2.75, 3.05) is 0 Å². The van der Waals surface area contributed by atoms with E-state index in [2.05, 4.69) is 49.9 Å². The number of amides is 1. The van der Waals surface area contributed by atoms with Gasteiger partial charge in [0.05, 0.1) is 20.8 Å². The van der Waals surface area contributed by atoms with Gasteiger partial charge in [-0.3, -0.25) is 4.79 Å². The number of fused-ring (bicyclic) bond motifs is 1. The minimum atomic E-state index is 0.0249. The maximum atomic E-state index is 13.5. The summed E-state index contributed by atoms with van der Waals surface area (Å²) in [7, 11) is 0. The molecule has 2 aliphatic rings. The molecule has 8 heteroatoms. The minimum Gasteiger partial charge on any atom is -0.487 e. The molecule has 0 saturated heterocycles. The van der Waals surface area contributed by atoms with Crippen molar-refractivity contribution in [1.82, 2.24) is 5.32 Å². The number of carbonyl (C=O) groups is 1. The number of carbonyl (C=O) groups excluding carboxylic acids is 1. The summed E-state index contributed by atoms with van der Waals surface area (Å²) in [6, 6.07) is 13.9. The van der Waals surface area contributed by atoms with Crippen LogP contribution in [0.1, 0.15) is 82.4 Å². The number of benzene rings is 2. The maximum Gasteiger partial charge on any atom is 0.254 e. The lowest BCUT2D eigenvalue weighted by Gasteiger charge is -2.23. The van der Waals surface area contributed by atoms with Crippen molar-refractivity contribution in [1.29, 1.82) is 5.26 Å². The second kappa shape index (κ2) is 12.8. The molecule has 1 aromatic heterocycles. The standard InChI is InChI=1S/C30H29BrIN3O2S/c31-22-14-21(28(25(32)15-22)37-18-20-9-5-4-8-19(20)16-33)17-34-30-27(24-12-6-7-13-26(24)38-30)29(36)35-23-10-2-1-3-11-23/h4-5,8-9,14-15,17,23H,1-3,6-7,10-13,18H2,(H,35,36). The highest BCUT2D eigenvalue weighted by atomic mass is 127. The molecule has 3 aromatic rings. The highest BCUT2D eigenvalue weighted by Gasteiger charge is 2.27. The number of nitriles is 1. The SMILES string of the molecule is N#Cc1ccccc1COc1c(I)cc(Br)cc1C=Nc1sc2c(c1C(=O)NC1CCCCC1)CCCC2. The van der Waals surface area contributed by atoms with Crippen molar-refractivity contribution in [2.24, 2.45) is 4.99 Å². The summed E-state index contributed by atoms with van der Waals surface area (Å²) in [6.45, 7) is 0.282. The van der Waals surface area contributed by atoms with E-state index in [0.29, 0.717) is 11.3 Å². The number of rotatable bonds is 7. The van der Waals surface area contributed by atoms with Crippen molar-refractivity contribution in [3.05, 3.63) is 77.1 Å². The second-order valence-corrected chi connectivity index (χ2v) is 13.0. The molecule has 1 N–H and O–H groups in total. The van der Waals surface area contributed by atoms with Gasteiger partial charge in [0, 0.05) is 32.7 Å². The molecule has 0 aliphatic heterocycles. The predicted octanol–water partition coefficient (Wildman–Crippen LogP) is 8.26. The van der Waals surface area contributed by atoms with Crippen LogP contribution < -0.4 is 10.1 Å². The van der Waals surface area contributed by atoms with E-state index in [1.54, 1.807) is 17.4 Å². The summed E-state index contributed by atoms with van der Waals surface area (Å²) >= 11 is 7.52. The van der Waals surface area contributed by atoms with E-state index in [1.165, 1.54) is 29.7 Å². The van der Waals surface area contributed by atoms with E-state index in [0.717, 1.165) is 68.3 Å². The molecule has 2 aromatic carbocycles. The summed E-state index contributed by atoms with van der Waals surface area (Å²) in [5.74, 6) is 0.733. The summed E-state index contributed by atoms with van der Waals surface area (Å²) in [6.07, 6.45) is 11.8. The fourth-order valence-corrected chi connectivity index (χ4v) is 8.18. The van der Waals surface area contributed by atoms with E-state index in [4.69, 9.17) is 9.73 Å². The lowest BCUT2D eigenvalue weighted by Crippen LogP contribution is -2.36. The van der Waals surface area contributed by atoms with Gasteiger partial charge in [0.15, 0.2) is 0 Å². The Morgan fingerprint density at radius 3 is 2.79 bits per heavy atom. The van der Waals surface area contributed by atoms with Crippen LogP contribution in [0.25, 0.3) is 0 Å². The molecule has 2 aliphatic carbocycles. The zero-order valence-corrected chi connectivity index (χ0v) is 25.6. The third kappa shape index (κ3) is 6.32. The van der Waals surface area contributed by atoms with Crippen LogP contribution in [0.2, 0.25) is 0 Å². The Kier molecular flexibility index (Phi) is 9.18. The van der Waals surface area contributed by atoms with E-state index >= 15 is 0 Å². The van der Waals surface area contributed by atoms with Gasteiger partial charge in [0.2, 0.25) is 0 Å². The zero-order chi connectivity index (χ0) is 26.5. The molecule has 0 spiro atoms. The van der Waals surface area contributed by atoms with E-state index in [9.17, 15) is 10.1 Å². The summed E-state index contributed by atoms with van der Waals surface area (Å²) < 4.78 is 8.12. The first-order valence-corrected chi connectivity index (χ1v) is 15.8. The van der Waals surface area contributed by atoms with Crippen LogP contribution in [0.4, 0.5) is 5.00 Å². The van der Waals surface area contributed by atoms with Crippen LogP contribution in [0.15, 0.2) is 45.9 Å². The Morgan fingerprint density at radius 2 is 1.97 bits per heavy atom. The molecule has 0 atom stereocenters. The van der Waals surface area contributed by atoms with Crippen molar-refractivity contribution < 1.29 is 9.53 Å². The molecule has 5 rings (SSSR count). The molecular weight excluding hydrogens is 673 g/mol. The topological polar surface area (TPSA) is 74.5 Å². The number of nitrogens with zero attached hydrogens (tertiary/aromatic N) is 2. The molecule has 5 nitrogen and oxygen atoms in total. The molecule has 38 heavy (non-hydrogen) atoms. The number of thiophene rings is 1. The van der Waals surface area contributed by atoms with E-state index < -0.39 is 0 Å². The Morgan fingerprint density at radius 1 is 1.18 bits per heavy atom. The molecule has 1 amide bonds. The van der Waals surface area contributed by atoms with Gasteiger partial charge < -0.3 is 10.1 Å². The van der Waals surface area contributed by atoms with E-state index in [1.807, 2.05) is 36.5 Å². The van der Waals surface area contributed by atoms with Crippen molar-refractivity contribution >= 4 is 67.0 Å². The van der Waals surface area contributed by atoms with E-state index in [-0.39, 0.29) is 18.6 Å². The van der Waals surface area contributed by atoms with Gasteiger partial charge in [-0.25, -0.2) is 4.99 Å². The maximum absolute atomic E-state index is 13.5. The number of ether oxygens (including phenoxy) is 1. The molecule has 0 radical (unpaired) electrons. The molecule has 196 valence electrons. The first-order valence-electron chi connectivity index (χ1n) is 13.1. The van der Waals surface area contributed by atoms with Crippen LogP contribution >= 0.6 is 49.9 Å². The fourth-order valence-electron chi connectivity index (χ4n) is 5.24. The average Bonchev–Trinajstić information content (AvgIpc) is 3.30. The third-order valence-corrected chi connectivity index (χ3v) is 9.65. The van der Waals surface area contributed by atoms with Gasteiger partial charge in [-0.15, -0.1) is 11.3 Å². The van der Waals surface area contributed by atoms with Gasteiger partial charge in [0.25, 0.3) is 5.91 Å². The minimum absolute atomic E-state index is 0.0249. The van der Waals surface area contributed by atoms with Crippen LogP contribution in [-0.2, 0) is 19.4 Å². The Bertz CT molecular complexity index is 1410. The number of hydrogen-bond acceptors (Lipinski definition) is 5. The summed E-state index contributed by atoms with van der Waals surface area (Å²) in [4.78, 5) is 19.7. The zero-order valence-electron chi connectivity index (χ0n) is 21.1. The van der Waals surface area contributed by atoms with Gasteiger partial charge >= 0.3 is 0 Å². The Labute approximate surface area is 250 Å². The van der Waals surface area contributed by atoms with Crippen LogP contribution in [0.5, 0.6) is 5.75 Å². The Balaban J connectivity index is 1.45. The van der Waals surface area contributed by atoms with Crippen LogP contribution in [-0.4, -0.2) is 18.2 Å². The molecule has 0 unspecified atom stereocenters. The Hall–Kier alpha value is -2.22. The second-order valence-electron chi connectivity index (χ2n) is 9.82. The molecule has 0 bridgehead atoms. The molecule has 1 heterocycles. The number of nitrogens with one attached hydrogen (secondary N) is 1. The molecular formula is C30H29BrIN3O2S.